The largest absolute Gasteiger partial charge is 0.465 e. The highest BCUT2D eigenvalue weighted by atomic mass is 32.1. The third-order valence-corrected chi connectivity index (χ3v) is 7.52. The maximum atomic E-state index is 11.9. The van der Waals surface area contributed by atoms with E-state index in [-0.39, 0.29) is 18.1 Å². The van der Waals surface area contributed by atoms with Crippen LogP contribution in [0.5, 0.6) is 0 Å². The van der Waals surface area contributed by atoms with Crippen molar-refractivity contribution in [2.24, 2.45) is 0 Å². The Kier molecular flexibility index (Phi) is 6.13. The maximum Gasteiger partial charge on any atom is 0.337 e. The first kappa shape index (κ1) is 22.6. The number of nitrogens with one attached hydrogen (secondary N) is 1. The second-order valence-corrected chi connectivity index (χ2v) is 9.56. The van der Waals surface area contributed by atoms with Gasteiger partial charge in [0, 0.05) is 29.3 Å². The van der Waals surface area contributed by atoms with E-state index in [9.17, 15) is 4.79 Å². The fraction of sp³-hybridized carbons (Fsp3) is 0.370. The minimum absolute atomic E-state index is 0.00931. The van der Waals surface area contributed by atoms with Crippen molar-refractivity contribution in [1.82, 2.24) is 19.8 Å². The van der Waals surface area contributed by atoms with Gasteiger partial charge in [-0.15, -0.1) is 0 Å². The number of carbonyl (C=O) groups excluding carboxylic acids is 1. The number of aryl methyl sites for hydroxylation is 1. The van der Waals surface area contributed by atoms with Crippen LogP contribution < -0.4 is 5.32 Å². The van der Waals surface area contributed by atoms with Gasteiger partial charge in [0.15, 0.2) is 5.11 Å². The Morgan fingerprint density at radius 1 is 1.12 bits per heavy atom. The van der Waals surface area contributed by atoms with E-state index in [1.54, 1.807) is 0 Å². The van der Waals surface area contributed by atoms with Crippen molar-refractivity contribution in [1.29, 1.82) is 0 Å². The smallest absolute Gasteiger partial charge is 0.337 e. The monoisotopic (exact) mass is 474 g/mol. The van der Waals surface area contributed by atoms with Gasteiger partial charge in [-0.2, -0.15) is 0 Å². The summed E-state index contributed by atoms with van der Waals surface area (Å²) in [6.45, 7) is 4.29. The standard InChI is InChI=1S/C27H30N4O2S/c1-17-16-22(18(2)30(17)21-13-11-19(12-14-21)26(32)33-3)25-24(23-10-6-7-15-28-23)29-27(34)31(25)20-8-4-5-9-20/h6-7,10-16,20,24-25H,4-5,8-9H2,1-3H3,(H,29,34)/t24-,25+/m1/s1. The van der Waals surface area contributed by atoms with E-state index in [0.717, 1.165) is 22.2 Å². The number of nitrogens with zero attached hydrogens (tertiary/aromatic N) is 3. The molecule has 7 heteroatoms. The lowest BCUT2D eigenvalue weighted by Crippen LogP contribution is -2.37. The molecule has 0 spiro atoms. The van der Waals surface area contributed by atoms with Gasteiger partial charge >= 0.3 is 5.97 Å². The van der Waals surface area contributed by atoms with Gasteiger partial charge in [-0.05, 0) is 86.9 Å². The molecule has 34 heavy (non-hydrogen) atoms. The average molecular weight is 475 g/mol. The number of ether oxygens (including phenoxy) is 1. The molecule has 0 radical (unpaired) electrons. The Labute approximate surface area is 205 Å². The molecule has 2 atom stereocenters. The Morgan fingerprint density at radius 2 is 1.85 bits per heavy atom. The molecule has 3 aromatic rings. The summed E-state index contributed by atoms with van der Waals surface area (Å²) >= 11 is 5.89. The predicted molar refractivity (Wildman–Crippen MR) is 136 cm³/mol. The number of methoxy groups -OCH3 is 1. The van der Waals surface area contributed by atoms with E-state index in [0.29, 0.717) is 11.6 Å². The van der Waals surface area contributed by atoms with Gasteiger partial charge in [0.05, 0.1) is 30.5 Å². The molecule has 0 amide bonds. The van der Waals surface area contributed by atoms with Crippen LogP contribution in [0.3, 0.4) is 0 Å². The number of pyridine rings is 1. The first-order chi connectivity index (χ1) is 16.5. The van der Waals surface area contributed by atoms with Gasteiger partial charge in [0.1, 0.15) is 0 Å². The molecule has 1 N–H and O–H groups in total. The second-order valence-electron chi connectivity index (χ2n) is 9.17. The van der Waals surface area contributed by atoms with Crippen LogP contribution in [-0.4, -0.2) is 38.7 Å². The van der Waals surface area contributed by atoms with Crippen molar-refractivity contribution in [3.63, 3.8) is 0 Å². The minimum Gasteiger partial charge on any atom is -0.465 e. The molecule has 176 valence electrons. The second kappa shape index (κ2) is 9.22. The van der Waals surface area contributed by atoms with Crippen molar-refractivity contribution >= 4 is 23.3 Å². The zero-order valence-electron chi connectivity index (χ0n) is 19.8. The first-order valence-corrected chi connectivity index (χ1v) is 12.3. The number of thiocarbonyl (C=S) groups is 1. The zero-order chi connectivity index (χ0) is 23.8. The summed E-state index contributed by atoms with van der Waals surface area (Å²) in [5.74, 6) is -0.330. The zero-order valence-corrected chi connectivity index (χ0v) is 20.6. The molecule has 2 aromatic heterocycles. The van der Waals surface area contributed by atoms with E-state index < -0.39 is 0 Å². The fourth-order valence-electron chi connectivity index (χ4n) is 5.62. The van der Waals surface area contributed by atoms with Gasteiger partial charge < -0.3 is 19.5 Å². The van der Waals surface area contributed by atoms with Crippen LogP contribution in [0.25, 0.3) is 5.69 Å². The van der Waals surface area contributed by atoms with Crippen molar-refractivity contribution < 1.29 is 9.53 Å². The summed E-state index contributed by atoms with van der Waals surface area (Å²) in [6, 6.07) is 16.4. The lowest BCUT2D eigenvalue weighted by atomic mass is 9.95. The third kappa shape index (κ3) is 3.88. The van der Waals surface area contributed by atoms with E-state index in [2.05, 4.69) is 45.7 Å². The molecule has 6 nitrogen and oxygen atoms in total. The summed E-state index contributed by atoms with van der Waals surface area (Å²) < 4.78 is 7.10. The molecule has 0 unspecified atom stereocenters. The number of hydrogen-bond donors (Lipinski definition) is 1. The molecule has 1 aliphatic carbocycles. The van der Waals surface area contributed by atoms with Gasteiger partial charge in [0.25, 0.3) is 0 Å². The van der Waals surface area contributed by atoms with E-state index in [1.165, 1.54) is 44.1 Å². The molecular formula is C27H30N4O2S. The number of hydrogen-bond acceptors (Lipinski definition) is 4. The van der Waals surface area contributed by atoms with Crippen LogP contribution in [0.15, 0.2) is 54.7 Å². The molecule has 1 saturated carbocycles. The summed E-state index contributed by atoms with van der Waals surface area (Å²) in [4.78, 5) is 19.0. The van der Waals surface area contributed by atoms with Crippen molar-refractivity contribution in [2.45, 2.75) is 57.7 Å². The molecule has 1 saturated heterocycles. The lowest BCUT2D eigenvalue weighted by molar-refractivity contribution is 0.0600. The first-order valence-electron chi connectivity index (χ1n) is 11.9. The molecule has 2 aliphatic rings. The number of carbonyl (C=O) groups is 1. The van der Waals surface area contributed by atoms with Crippen molar-refractivity contribution in [3.05, 3.63) is 82.9 Å². The van der Waals surface area contributed by atoms with Gasteiger partial charge in [-0.3, -0.25) is 4.98 Å². The van der Waals surface area contributed by atoms with Crippen LogP contribution in [0.4, 0.5) is 0 Å². The van der Waals surface area contributed by atoms with E-state index in [4.69, 9.17) is 17.0 Å². The number of rotatable bonds is 5. The minimum atomic E-state index is -0.330. The Bertz CT molecular complexity index is 1200. The molecule has 5 rings (SSSR count). The van der Waals surface area contributed by atoms with Gasteiger partial charge in [0.2, 0.25) is 0 Å². The molecule has 2 fully saturated rings. The average Bonchev–Trinajstić information content (AvgIpc) is 3.57. The summed E-state index contributed by atoms with van der Waals surface area (Å²) in [6.07, 6.45) is 6.68. The highest BCUT2D eigenvalue weighted by molar-refractivity contribution is 7.80. The number of benzene rings is 1. The lowest BCUT2D eigenvalue weighted by Gasteiger charge is -2.33. The molecule has 1 aliphatic heterocycles. The molecular weight excluding hydrogens is 444 g/mol. The Hall–Kier alpha value is -3.19. The Morgan fingerprint density at radius 3 is 2.50 bits per heavy atom. The van der Waals surface area contributed by atoms with Crippen LogP contribution in [-0.2, 0) is 4.74 Å². The van der Waals surface area contributed by atoms with E-state index >= 15 is 0 Å². The Balaban J connectivity index is 1.58. The summed E-state index contributed by atoms with van der Waals surface area (Å²) in [7, 11) is 1.40. The SMILES string of the molecule is COC(=O)c1ccc(-n2c(C)cc([C@H]3[C@@H](c4ccccn4)NC(=S)N3C3CCCC3)c2C)cc1. The quantitative estimate of drug-likeness (QED) is 0.406. The third-order valence-electron chi connectivity index (χ3n) is 7.19. The molecule has 1 aromatic carbocycles. The number of esters is 1. The normalized spacial score (nSPS) is 20.6. The fourth-order valence-corrected chi connectivity index (χ4v) is 6.01. The van der Waals surface area contributed by atoms with Gasteiger partial charge in [-0.25, -0.2) is 4.79 Å². The van der Waals surface area contributed by atoms with Crippen LogP contribution in [0.2, 0.25) is 0 Å². The van der Waals surface area contributed by atoms with Crippen LogP contribution >= 0.6 is 12.2 Å². The number of aromatic nitrogens is 2. The molecule has 3 heterocycles. The van der Waals surface area contributed by atoms with Crippen LogP contribution in [0.1, 0.15) is 70.8 Å². The summed E-state index contributed by atoms with van der Waals surface area (Å²) in [5.41, 5.74) is 6.13. The highest BCUT2D eigenvalue weighted by Crippen LogP contribution is 2.44. The van der Waals surface area contributed by atoms with Gasteiger partial charge in [-0.1, -0.05) is 18.9 Å². The van der Waals surface area contributed by atoms with Crippen LogP contribution in [0, 0.1) is 13.8 Å². The topological polar surface area (TPSA) is 59.4 Å². The predicted octanol–water partition coefficient (Wildman–Crippen LogP) is 5.19. The maximum absolute atomic E-state index is 11.9. The van der Waals surface area contributed by atoms with E-state index in [1.807, 2.05) is 42.6 Å². The highest BCUT2D eigenvalue weighted by Gasteiger charge is 2.44. The van der Waals surface area contributed by atoms with Crippen molar-refractivity contribution in [3.8, 4) is 5.69 Å². The molecule has 0 bridgehead atoms. The summed E-state index contributed by atoms with van der Waals surface area (Å²) in [5, 5.41) is 4.42. The van der Waals surface area contributed by atoms with Crippen molar-refractivity contribution in [2.75, 3.05) is 7.11 Å².